The molecule has 0 bridgehead atoms. The molecule has 2 aromatic heterocycles. The van der Waals surface area contributed by atoms with Gasteiger partial charge in [0.1, 0.15) is 5.82 Å². The first-order valence-electron chi connectivity index (χ1n) is 8.48. The molecule has 5 nitrogen and oxygen atoms in total. The van der Waals surface area contributed by atoms with E-state index >= 15 is 0 Å². The van der Waals surface area contributed by atoms with Gasteiger partial charge in [-0.05, 0) is 48.5 Å². The van der Waals surface area contributed by atoms with Crippen molar-refractivity contribution in [3.8, 4) is 11.3 Å². The van der Waals surface area contributed by atoms with Crippen LogP contribution in [0.3, 0.4) is 0 Å². The summed E-state index contributed by atoms with van der Waals surface area (Å²) in [5.41, 5.74) is 3.31. The smallest absolute Gasteiger partial charge is 0.258 e. The minimum atomic E-state index is -0.549. The van der Waals surface area contributed by atoms with Gasteiger partial charge in [0, 0.05) is 34.7 Å². The molecule has 0 saturated heterocycles. The van der Waals surface area contributed by atoms with Crippen molar-refractivity contribution >= 4 is 33.8 Å². The summed E-state index contributed by atoms with van der Waals surface area (Å²) in [7, 11) is 0. The van der Waals surface area contributed by atoms with E-state index in [2.05, 4.69) is 20.6 Å². The average molecular weight is 390 g/mol. The zero-order chi connectivity index (χ0) is 19.3. The average Bonchev–Trinajstić information content (AvgIpc) is 3.19. The molecule has 2 heterocycles. The highest BCUT2D eigenvalue weighted by Gasteiger charge is 2.11. The molecule has 4 rings (SSSR count). The molecule has 0 aliphatic carbocycles. The highest BCUT2D eigenvalue weighted by molar-refractivity contribution is 7.14. The summed E-state index contributed by atoms with van der Waals surface area (Å²) in [5.74, 6) is -1.03. The highest BCUT2D eigenvalue weighted by atomic mass is 32.1. The summed E-state index contributed by atoms with van der Waals surface area (Å²) in [6.07, 6.45) is 3.46. The number of nitrogens with zero attached hydrogens (tertiary/aromatic N) is 2. The Hall–Kier alpha value is -3.58. The fourth-order valence-corrected chi connectivity index (χ4v) is 3.33. The van der Waals surface area contributed by atoms with Gasteiger partial charge >= 0.3 is 0 Å². The van der Waals surface area contributed by atoms with Crippen molar-refractivity contribution in [3.63, 3.8) is 0 Å². The van der Waals surface area contributed by atoms with Gasteiger partial charge in [-0.3, -0.25) is 9.78 Å². The Morgan fingerprint density at radius 2 is 1.64 bits per heavy atom. The standard InChI is InChI=1S/C21H15FN4OS/c22-18-4-2-1-3-17(18)20(27)24-15-5-7-16(8-6-15)25-21-26-19(13-28-21)14-9-11-23-12-10-14/h1-13H,(H,24,27)(H,25,26). The molecule has 2 N–H and O–H groups in total. The number of thiazole rings is 1. The van der Waals surface area contributed by atoms with Crippen LogP contribution in [0, 0.1) is 5.82 Å². The summed E-state index contributed by atoms with van der Waals surface area (Å²) >= 11 is 1.50. The first kappa shape index (κ1) is 17.8. The van der Waals surface area contributed by atoms with Crippen LogP contribution in [0.4, 0.5) is 20.9 Å². The van der Waals surface area contributed by atoms with E-state index < -0.39 is 11.7 Å². The number of nitrogens with one attached hydrogen (secondary N) is 2. The Labute approximate surface area is 164 Å². The van der Waals surface area contributed by atoms with Gasteiger partial charge in [0.25, 0.3) is 5.91 Å². The van der Waals surface area contributed by atoms with Crippen molar-refractivity contribution in [1.29, 1.82) is 0 Å². The van der Waals surface area contributed by atoms with E-state index in [0.717, 1.165) is 22.1 Å². The zero-order valence-corrected chi connectivity index (χ0v) is 15.4. The quantitative estimate of drug-likeness (QED) is 0.483. The number of aromatic nitrogens is 2. The molecule has 0 aliphatic heterocycles. The summed E-state index contributed by atoms with van der Waals surface area (Å²) in [4.78, 5) is 20.7. The minimum Gasteiger partial charge on any atom is -0.332 e. The lowest BCUT2D eigenvalue weighted by molar-refractivity contribution is 0.102. The van der Waals surface area contributed by atoms with Crippen LogP contribution >= 0.6 is 11.3 Å². The third kappa shape index (κ3) is 4.05. The molecule has 138 valence electrons. The SMILES string of the molecule is O=C(Nc1ccc(Nc2nc(-c3ccncc3)cs2)cc1)c1ccccc1F. The molecule has 0 radical (unpaired) electrons. The first-order valence-corrected chi connectivity index (χ1v) is 9.36. The fraction of sp³-hybridized carbons (Fsp3) is 0. The Bertz CT molecular complexity index is 1100. The molecule has 0 aliphatic rings. The number of rotatable bonds is 5. The van der Waals surface area contributed by atoms with Gasteiger partial charge in [0.2, 0.25) is 0 Å². The van der Waals surface area contributed by atoms with Crippen molar-refractivity contribution in [1.82, 2.24) is 9.97 Å². The Balaban J connectivity index is 1.42. The molecule has 28 heavy (non-hydrogen) atoms. The number of anilines is 3. The van der Waals surface area contributed by atoms with Crippen LogP contribution in [-0.4, -0.2) is 15.9 Å². The van der Waals surface area contributed by atoms with Crippen LogP contribution in [-0.2, 0) is 0 Å². The van der Waals surface area contributed by atoms with Crippen LogP contribution in [0.2, 0.25) is 0 Å². The van der Waals surface area contributed by atoms with Gasteiger partial charge in [-0.2, -0.15) is 0 Å². The third-order valence-corrected chi connectivity index (χ3v) is 4.75. The van der Waals surface area contributed by atoms with E-state index in [4.69, 9.17) is 0 Å². The summed E-state index contributed by atoms with van der Waals surface area (Å²) in [5, 5.41) is 8.66. The largest absolute Gasteiger partial charge is 0.332 e. The van der Waals surface area contributed by atoms with Gasteiger partial charge in [-0.1, -0.05) is 12.1 Å². The van der Waals surface area contributed by atoms with Gasteiger partial charge in [-0.25, -0.2) is 9.37 Å². The Kier molecular flexibility index (Phi) is 5.07. The molecule has 1 amide bonds. The summed E-state index contributed by atoms with van der Waals surface area (Å²) in [6, 6.07) is 16.8. The molecule has 0 atom stereocenters. The zero-order valence-electron chi connectivity index (χ0n) is 14.6. The molecule has 7 heteroatoms. The molecular weight excluding hydrogens is 375 g/mol. The van der Waals surface area contributed by atoms with Gasteiger partial charge in [0.15, 0.2) is 5.13 Å². The molecule has 4 aromatic rings. The van der Waals surface area contributed by atoms with E-state index in [1.165, 1.54) is 23.5 Å². The van der Waals surface area contributed by atoms with E-state index in [9.17, 15) is 9.18 Å². The number of hydrogen-bond donors (Lipinski definition) is 2. The van der Waals surface area contributed by atoms with Crippen molar-refractivity contribution in [2.24, 2.45) is 0 Å². The monoisotopic (exact) mass is 390 g/mol. The van der Waals surface area contributed by atoms with Crippen molar-refractivity contribution < 1.29 is 9.18 Å². The van der Waals surface area contributed by atoms with E-state index in [-0.39, 0.29) is 5.56 Å². The second-order valence-electron chi connectivity index (χ2n) is 5.91. The van der Waals surface area contributed by atoms with Gasteiger partial charge in [-0.15, -0.1) is 11.3 Å². The maximum absolute atomic E-state index is 13.7. The van der Waals surface area contributed by atoms with Crippen LogP contribution in [0.1, 0.15) is 10.4 Å². The van der Waals surface area contributed by atoms with E-state index in [1.807, 2.05) is 29.6 Å². The van der Waals surface area contributed by atoms with Gasteiger partial charge in [0.05, 0.1) is 11.3 Å². The molecule has 2 aromatic carbocycles. The lowest BCUT2D eigenvalue weighted by Gasteiger charge is -2.08. The van der Waals surface area contributed by atoms with Crippen molar-refractivity contribution in [3.05, 3.63) is 89.8 Å². The lowest BCUT2D eigenvalue weighted by atomic mass is 10.2. The predicted octanol–water partition coefficient (Wildman–Crippen LogP) is 5.34. The Morgan fingerprint density at radius 3 is 2.39 bits per heavy atom. The second-order valence-corrected chi connectivity index (χ2v) is 6.77. The molecule has 0 unspecified atom stereocenters. The van der Waals surface area contributed by atoms with Crippen LogP contribution < -0.4 is 10.6 Å². The number of benzene rings is 2. The van der Waals surface area contributed by atoms with Crippen molar-refractivity contribution in [2.75, 3.05) is 10.6 Å². The van der Waals surface area contributed by atoms with Crippen molar-refractivity contribution in [2.45, 2.75) is 0 Å². The first-order chi connectivity index (χ1) is 13.7. The number of halogens is 1. The lowest BCUT2D eigenvalue weighted by Crippen LogP contribution is -2.13. The topological polar surface area (TPSA) is 66.9 Å². The Morgan fingerprint density at radius 1 is 0.929 bits per heavy atom. The minimum absolute atomic E-state index is 0.0103. The van der Waals surface area contributed by atoms with Crippen LogP contribution in [0.25, 0.3) is 11.3 Å². The fourth-order valence-electron chi connectivity index (χ4n) is 2.59. The second kappa shape index (κ2) is 7.98. The van der Waals surface area contributed by atoms with Crippen LogP contribution in [0.5, 0.6) is 0 Å². The molecule has 0 saturated carbocycles. The van der Waals surface area contributed by atoms with E-state index in [0.29, 0.717) is 5.69 Å². The van der Waals surface area contributed by atoms with Gasteiger partial charge < -0.3 is 10.6 Å². The number of carbonyl (C=O) groups is 1. The number of carbonyl (C=O) groups excluding carboxylic acids is 1. The number of pyridine rings is 1. The molecule has 0 fully saturated rings. The predicted molar refractivity (Wildman–Crippen MR) is 109 cm³/mol. The number of hydrogen-bond acceptors (Lipinski definition) is 5. The normalized spacial score (nSPS) is 10.5. The maximum Gasteiger partial charge on any atom is 0.258 e. The molecule has 0 spiro atoms. The summed E-state index contributed by atoms with van der Waals surface area (Å²) < 4.78 is 13.7. The van der Waals surface area contributed by atoms with Crippen LogP contribution in [0.15, 0.2) is 78.4 Å². The number of amides is 1. The summed E-state index contributed by atoms with van der Waals surface area (Å²) in [6.45, 7) is 0. The highest BCUT2D eigenvalue weighted by Crippen LogP contribution is 2.27. The molecular formula is C21H15FN4OS. The third-order valence-electron chi connectivity index (χ3n) is 3.99. The maximum atomic E-state index is 13.7. The van der Waals surface area contributed by atoms with E-state index in [1.54, 1.807) is 36.7 Å².